The molecule has 12 heteroatoms. The molecular formula is C29H29FN8O3. The molecule has 0 bridgehead atoms. The molecule has 2 N–H and O–H groups in total. The van der Waals surface area contributed by atoms with Gasteiger partial charge in [0.15, 0.2) is 0 Å². The van der Waals surface area contributed by atoms with Crippen molar-refractivity contribution >= 4 is 34.2 Å². The first-order valence-electron chi connectivity index (χ1n) is 13.6. The lowest BCUT2D eigenvalue weighted by Crippen LogP contribution is -2.46. The first-order chi connectivity index (χ1) is 19.9. The summed E-state index contributed by atoms with van der Waals surface area (Å²) in [7, 11) is 0. The molecule has 210 valence electrons. The summed E-state index contributed by atoms with van der Waals surface area (Å²) in [4.78, 5) is 46.0. The molecule has 4 heterocycles. The molecule has 2 fully saturated rings. The van der Waals surface area contributed by atoms with Gasteiger partial charge in [0.05, 0.1) is 11.6 Å². The van der Waals surface area contributed by atoms with Gasteiger partial charge in [-0.3, -0.25) is 24.6 Å². The molecule has 4 aromatic rings. The third kappa shape index (κ3) is 5.78. The average molecular weight is 557 g/mol. The van der Waals surface area contributed by atoms with Crippen molar-refractivity contribution in [3.05, 3.63) is 88.1 Å². The van der Waals surface area contributed by atoms with Crippen LogP contribution in [-0.2, 0) is 22.7 Å². The lowest BCUT2D eigenvalue weighted by atomic mass is 10.1. The number of hydrogen-bond acceptors (Lipinski definition) is 9. The number of amides is 2. The minimum Gasteiger partial charge on any atom is -0.380 e. The Kier molecular flexibility index (Phi) is 7.38. The fourth-order valence-electron chi connectivity index (χ4n) is 5.27. The SMILES string of the molecule is O=C1CCC(n2nnc3cccc(NCc4ccc(CN5CCN(c6ccc(F)cn6)CC5)cc4)c3c2=O)C(=O)N1. The molecule has 0 radical (unpaired) electrons. The van der Waals surface area contributed by atoms with E-state index in [-0.39, 0.29) is 24.6 Å². The van der Waals surface area contributed by atoms with Crippen molar-refractivity contribution in [1.82, 2.24) is 30.2 Å². The smallest absolute Gasteiger partial charge is 0.280 e. The number of carbonyl (C=O) groups is 2. The van der Waals surface area contributed by atoms with Gasteiger partial charge in [-0.2, -0.15) is 4.68 Å². The number of halogens is 1. The summed E-state index contributed by atoms with van der Waals surface area (Å²) in [5.74, 6) is -0.431. The first-order valence-corrected chi connectivity index (χ1v) is 13.6. The number of nitrogens with zero attached hydrogens (tertiary/aromatic N) is 6. The van der Waals surface area contributed by atoms with E-state index in [2.05, 4.69) is 60.0 Å². The molecule has 0 spiro atoms. The highest BCUT2D eigenvalue weighted by Gasteiger charge is 2.30. The zero-order valence-electron chi connectivity index (χ0n) is 22.3. The number of piperazine rings is 1. The number of aromatic nitrogens is 4. The van der Waals surface area contributed by atoms with Crippen LogP contribution in [0, 0.1) is 5.82 Å². The average Bonchev–Trinajstić information content (AvgIpc) is 2.98. The maximum Gasteiger partial charge on any atom is 0.280 e. The van der Waals surface area contributed by atoms with Crippen molar-refractivity contribution in [3.8, 4) is 0 Å². The molecule has 2 aromatic heterocycles. The van der Waals surface area contributed by atoms with E-state index in [9.17, 15) is 18.8 Å². The highest BCUT2D eigenvalue weighted by Crippen LogP contribution is 2.22. The van der Waals surface area contributed by atoms with Crippen molar-refractivity contribution in [2.45, 2.75) is 32.0 Å². The number of nitrogens with one attached hydrogen (secondary N) is 2. The first kappa shape index (κ1) is 26.5. The minimum absolute atomic E-state index is 0.141. The zero-order chi connectivity index (χ0) is 28.3. The number of imide groups is 1. The van der Waals surface area contributed by atoms with Crippen molar-refractivity contribution in [2.24, 2.45) is 0 Å². The van der Waals surface area contributed by atoms with E-state index >= 15 is 0 Å². The fourth-order valence-corrected chi connectivity index (χ4v) is 5.27. The Morgan fingerprint density at radius 2 is 1.73 bits per heavy atom. The minimum atomic E-state index is -0.875. The summed E-state index contributed by atoms with van der Waals surface area (Å²) in [5, 5.41) is 14.1. The maximum atomic E-state index is 13.4. The van der Waals surface area contributed by atoms with Crippen LogP contribution in [-0.4, -0.2) is 62.9 Å². The predicted octanol–water partition coefficient (Wildman–Crippen LogP) is 2.24. The van der Waals surface area contributed by atoms with E-state index in [0.717, 1.165) is 48.8 Å². The Morgan fingerprint density at radius 1 is 0.951 bits per heavy atom. The predicted molar refractivity (Wildman–Crippen MR) is 151 cm³/mol. The Labute approximate surface area is 235 Å². The van der Waals surface area contributed by atoms with Gasteiger partial charge in [-0.15, -0.1) is 5.10 Å². The maximum absolute atomic E-state index is 13.4. The van der Waals surface area contributed by atoms with Crippen LogP contribution < -0.4 is 21.1 Å². The molecular weight excluding hydrogens is 527 g/mol. The Hall–Kier alpha value is -4.71. The molecule has 2 saturated heterocycles. The van der Waals surface area contributed by atoms with Gasteiger partial charge in [-0.1, -0.05) is 35.5 Å². The molecule has 2 aliphatic heterocycles. The number of hydrogen-bond donors (Lipinski definition) is 2. The molecule has 2 amide bonds. The van der Waals surface area contributed by atoms with Crippen LogP contribution in [0.3, 0.4) is 0 Å². The largest absolute Gasteiger partial charge is 0.380 e. The second-order valence-corrected chi connectivity index (χ2v) is 10.3. The molecule has 2 aliphatic rings. The zero-order valence-corrected chi connectivity index (χ0v) is 22.3. The van der Waals surface area contributed by atoms with Crippen molar-refractivity contribution < 1.29 is 14.0 Å². The van der Waals surface area contributed by atoms with Gasteiger partial charge in [-0.25, -0.2) is 9.37 Å². The van der Waals surface area contributed by atoms with E-state index < -0.39 is 17.5 Å². The van der Waals surface area contributed by atoms with Gasteiger partial charge in [0.25, 0.3) is 11.5 Å². The molecule has 1 atom stereocenters. The van der Waals surface area contributed by atoms with E-state index in [1.807, 2.05) is 0 Å². The summed E-state index contributed by atoms with van der Waals surface area (Å²) in [6, 6.07) is 15.9. The van der Waals surface area contributed by atoms with Crippen molar-refractivity contribution in [1.29, 1.82) is 0 Å². The third-order valence-electron chi connectivity index (χ3n) is 7.54. The summed E-state index contributed by atoms with van der Waals surface area (Å²) >= 11 is 0. The van der Waals surface area contributed by atoms with Crippen molar-refractivity contribution in [2.75, 3.05) is 36.4 Å². The molecule has 6 rings (SSSR count). The molecule has 0 saturated carbocycles. The Morgan fingerprint density at radius 3 is 2.46 bits per heavy atom. The van der Waals surface area contributed by atoms with Crippen LogP contribution in [0.25, 0.3) is 10.9 Å². The number of rotatable bonds is 7. The number of fused-ring (bicyclic) bond motifs is 1. The van der Waals surface area contributed by atoms with Crippen LogP contribution >= 0.6 is 0 Å². The van der Waals surface area contributed by atoms with Gasteiger partial charge in [0.2, 0.25) is 5.91 Å². The van der Waals surface area contributed by atoms with Crippen LogP contribution in [0.15, 0.2) is 65.6 Å². The lowest BCUT2D eigenvalue weighted by molar-refractivity contribution is -0.136. The second kappa shape index (κ2) is 11.4. The highest BCUT2D eigenvalue weighted by atomic mass is 19.1. The summed E-state index contributed by atoms with van der Waals surface area (Å²) in [5.41, 5.74) is 2.84. The van der Waals surface area contributed by atoms with Gasteiger partial charge in [0, 0.05) is 51.4 Å². The van der Waals surface area contributed by atoms with E-state index in [1.54, 1.807) is 24.3 Å². The lowest BCUT2D eigenvalue weighted by Gasteiger charge is -2.35. The van der Waals surface area contributed by atoms with Crippen LogP contribution in [0.1, 0.15) is 30.0 Å². The summed E-state index contributed by atoms with van der Waals surface area (Å²) < 4.78 is 14.2. The number of anilines is 2. The summed E-state index contributed by atoms with van der Waals surface area (Å²) in [6.07, 6.45) is 1.60. The van der Waals surface area contributed by atoms with Gasteiger partial charge < -0.3 is 10.2 Å². The monoisotopic (exact) mass is 556 g/mol. The number of benzene rings is 2. The Balaban J connectivity index is 1.09. The van der Waals surface area contributed by atoms with Gasteiger partial charge >= 0.3 is 0 Å². The topological polar surface area (TPSA) is 125 Å². The number of pyridine rings is 1. The number of carbonyl (C=O) groups excluding carboxylic acids is 2. The van der Waals surface area contributed by atoms with Crippen LogP contribution in [0.2, 0.25) is 0 Å². The molecule has 11 nitrogen and oxygen atoms in total. The summed E-state index contributed by atoms with van der Waals surface area (Å²) in [6.45, 7) is 4.77. The van der Waals surface area contributed by atoms with E-state index in [0.29, 0.717) is 23.1 Å². The molecule has 1 unspecified atom stereocenters. The van der Waals surface area contributed by atoms with Gasteiger partial charge in [-0.05, 0) is 41.8 Å². The van der Waals surface area contributed by atoms with E-state index in [1.165, 1.54) is 17.8 Å². The second-order valence-electron chi connectivity index (χ2n) is 10.3. The molecule has 2 aromatic carbocycles. The third-order valence-corrected chi connectivity index (χ3v) is 7.54. The fraction of sp³-hybridized carbons (Fsp3) is 0.310. The van der Waals surface area contributed by atoms with Crippen molar-refractivity contribution in [3.63, 3.8) is 0 Å². The number of piperidine rings is 1. The normalized spacial score (nSPS) is 18.0. The van der Waals surface area contributed by atoms with E-state index in [4.69, 9.17) is 0 Å². The van der Waals surface area contributed by atoms with Crippen LogP contribution in [0.5, 0.6) is 0 Å². The molecule has 0 aliphatic carbocycles. The Bertz CT molecular complexity index is 1630. The molecule has 41 heavy (non-hydrogen) atoms. The standard InChI is InChI=1S/C29H29FN8O3/c30-21-8-10-25(32-17-21)37-14-12-36(13-15-37)18-20-6-4-19(5-7-20)16-31-22-2-1-3-23-27(22)29(41)38(35-34-23)24-9-11-26(39)33-28(24)40/h1-8,10,17,24,31H,9,11-16,18H2,(H,33,39,40). The van der Waals surface area contributed by atoms with Gasteiger partial charge in [0.1, 0.15) is 23.2 Å². The quantitative estimate of drug-likeness (QED) is 0.330. The van der Waals surface area contributed by atoms with Crippen LogP contribution in [0.4, 0.5) is 15.9 Å². The highest BCUT2D eigenvalue weighted by molar-refractivity contribution is 5.99.